The lowest BCUT2D eigenvalue weighted by molar-refractivity contribution is -0.140. The van der Waals surface area contributed by atoms with Crippen LogP contribution in [0.5, 0.6) is 11.5 Å². The highest BCUT2D eigenvalue weighted by Gasteiger charge is 2.34. The van der Waals surface area contributed by atoms with Crippen LogP contribution in [-0.4, -0.2) is 64.7 Å². The van der Waals surface area contributed by atoms with E-state index in [2.05, 4.69) is 5.32 Å². The topological polar surface area (TPSA) is 105 Å². The molecule has 1 unspecified atom stereocenters. The Labute approximate surface area is 257 Å². The maximum absolute atomic E-state index is 14.2. The summed E-state index contributed by atoms with van der Waals surface area (Å²) in [6.07, 6.45) is 1.88. The molecule has 0 fully saturated rings. The van der Waals surface area contributed by atoms with Crippen LogP contribution >= 0.6 is 23.2 Å². The first-order chi connectivity index (χ1) is 20.0. The standard InChI is InChI=1S/C30H35Cl2N3O6S/c1-5-15-33-30(37)27(16-21-9-7-6-8-10-21)34(19-22-11-12-23(31)17-25(22)32)29(36)20-35(42(4,38)39)26-18-24(40-2)13-14-28(26)41-3/h6-14,17-18,27H,5,15-16,19-20H2,1-4H3,(H,33,37). The average Bonchev–Trinajstić information content (AvgIpc) is 2.96. The first-order valence-corrected chi connectivity index (χ1v) is 15.8. The van der Waals surface area contributed by atoms with Gasteiger partial charge in [-0.25, -0.2) is 8.42 Å². The number of anilines is 1. The van der Waals surface area contributed by atoms with Crippen molar-refractivity contribution >= 4 is 50.7 Å². The molecule has 3 aromatic carbocycles. The van der Waals surface area contributed by atoms with Gasteiger partial charge in [0.2, 0.25) is 21.8 Å². The van der Waals surface area contributed by atoms with Crippen LogP contribution in [-0.2, 0) is 32.6 Å². The Morgan fingerprint density at radius 3 is 2.29 bits per heavy atom. The van der Waals surface area contributed by atoms with Crippen molar-refractivity contribution in [1.82, 2.24) is 10.2 Å². The number of hydrogen-bond acceptors (Lipinski definition) is 6. The van der Waals surface area contributed by atoms with Gasteiger partial charge in [0.05, 0.1) is 26.2 Å². The third-order valence-electron chi connectivity index (χ3n) is 6.51. The Kier molecular flexibility index (Phi) is 11.9. The minimum absolute atomic E-state index is 0.0707. The number of nitrogens with zero attached hydrogens (tertiary/aromatic N) is 2. The summed E-state index contributed by atoms with van der Waals surface area (Å²) >= 11 is 12.6. The first kappa shape index (κ1) is 33.0. The number of ether oxygens (including phenoxy) is 2. The average molecular weight is 637 g/mol. The van der Waals surface area contributed by atoms with Gasteiger partial charge in [-0.2, -0.15) is 0 Å². The number of methoxy groups -OCH3 is 2. The second-order valence-corrected chi connectivity index (χ2v) is 12.3. The summed E-state index contributed by atoms with van der Waals surface area (Å²) in [4.78, 5) is 29.2. The van der Waals surface area contributed by atoms with Crippen molar-refractivity contribution < 1.29 is 27.5 Å². The number of carbonyl (C=O) groups is 2. The lowest BCUT2D eigenvalue weighted by atomic mass is 10.0. The molecule has 0 aliphatic rings. The molecule has 0 heterocycles. The maximum Gasteiger partial charge on any atom is 0.244 e. The Morgan fingerprint density at radius 2 is 1.69 bits per heavy atom. The third-order valence-corrected chi connectivity index (χ3v) is 8.22. The number of benzene rings is 3. The molecule has 226 valence electrons. The van der Waals surface area contributed by atoms with E-state index < -0.39 is 28.5 Å². The highest BCUT2D eigenvalue weighted by molar-refractivity contribution is 7.92. The van der Waals surface area contributed by atoms with E-state index in [0.29, 0.717) is 34.3 Å². The van der Waals surface area contributed by atoms with E-state index in [0.717, 1.165) is 16.1 Å². The van der Waals surface area contributed by atoms with Gasteiger partial charge < -0.3 is 19.7 Å². The molecule has 9 nitrogen and oxygen atoms in total. The SMILES string of the molecule is CCCNC(=O)C(Cc1ccccc1)N(Cc1ccc(Cl)cc1Cl)C(=O)CN(c1cc(OC)ccc1OC)S(C)(=O)=O. The normalized spacial score (nSPS) is 11.9. The smallest absolute Gasteiger partial charge is 0.244 e. The number of halogens is 2. The van der Waals surface area contributed by atoms with Crippen molar-refractivity contribution in [3.05, 3.63) is 87.9 Å². The quantitative estimate of drug-likeness (QED) is 0.269. The van der Waals surface area contributed by atoms with Crippen molar-refractivity contribution in [1.29, 1.82) is 0 Å². The zero-order valence-electron chi connectivity index (χ0n) is 24.0. The van der Waals surface area contributed by atoms with Gasteiger partial charge in [-0.15, -0.1) is 0 Å². The summed E-state index contributed by atoms with van der Waals surface area (Å²) in [5.74, 6) is -0.395. The second-order valence-electron chi connectivity index (χ2n) is 9.56. The van der Waals surface area contributed by atoms with E-state index in [9.17, 15) is 18.0 Å². The van der Waals surface area contributed by atoms with Gasteiger partial charge in [0.1, 0.15) is 24.1 Å². The molecule has 0 aliphatic heterocycles. The molecule has 1 N–H and O–H groups in total. The zero-order chi connectivity index (χ0) is 30.9. The lowest BCUT2D eigenvalue weighted by Crippen LogP contribution is -2.53. The van der Waals surface area contributed by atoms with Gasteiger partial charge >= 0.3 is 0 Å². The summed E-state index contributed by atoms with van der Waals surface area (Å²) in [6, 6.07) is 17.8. The van der Waals surface area contributed by atoms with Crippen LogP contribution in [0.25, 0.3) is 0 Å². The third kappa shape index (κ3) is 8.77. The molecule has 0 aliphatic carbocycles. The predicted molar refractivity (Wildman–Crippen MR) is 166 cm³/mol. The second kappa shape index (κ2) is 15.1. The number of hydrogen-bond donors (Lipinski definition) is 1. The van der Waals surface area contributed by atoms with Crippen molar-refractivity contribution in [3.8, 4) is 11.5 Å². The van der Waals surface area contributed by atoms with Crippen LogP contribution in [0, 0.1) is 0 Å². The van der Waals surface area contributed by atoms with E-state index in [-0.39, 0.29) is 30.3 Å². The fourth-order valence-electron chi connectivity index (χ4n) is 4.34. The van der Waals surface area contributed by atoms with Gasteiger partial charge in [0.25, 0.3) is 0 Å². The summed E-state index contributed by atoms with van der Waals surface area (Å²) in [5.41, 5.74) is 1.48. The highest BCUT2D eigenvalue weighted by Crippen LogP contribution is 2.34. The minimum Gasteiger partial charge on any atom is -0.497 e. The van der Waals surface area contributed by atoms with Crippen molar-refractivity contribution in [2.24, 2.45) is 0 Å². The van der Waals surface area contributed by atoms with Crippen LogP contribution in [0.15, 0.2) is 66.7 Å². The van der Waals surface area contributed by atoms with Gasteiger partial charge in [0, 0.05) is 35.6 Å². The van der Waals surface area contributed by atoms with Gasteiger partial charge in [-0.3, -0.25) is 13.9 Å². The molecule has 3 rings (SSSR count). The van der Waals surface area contributed by atoms with Gasteiger partial charge in [0.15, 0.2) is 0 Å². The van der Waals surface area contributed by atoms with E-state index in [1.807, 2.05) is 37.3 Å². The van der Waals surface area contributed by atoms with E-state index in [1.54, 1.807) is 30.3 Å². The van der Waals surface area contributed by atoms with Crippen molar-refractivity contribution in [2.45, 2.75) is 32.4 Å². The minimum atomic E-state index is -4.00. The molecule has 1 atom stereocenters. The number of rotatable bonds is 14. The number of carbonyl (C=O) groups excluding carboxylic acids is 2. The Balaban J connectivity index is 2.12. The molecule has 0 saturated carbocycles. The summed E-state index contributed by atoms with van der Waals surface area (Å²) in [6.45, 7) is 1.65. The molecule has 3 aromatic rings. The highest BCUT2D eigenvalue weighted by atomic mass is 35.5. The van der Waals surface area contributed by atoms with Crippen LogP contribution in [0.4, 0.5) is 5.69 Å². The van der Waals surface area contributed by atoms with Crippen molar-refractivity contribution in [3.63, 3.8) is 0 Å². The van der Waals surface area contributed by atoms with Crippen molar-refractivity contribution in [2.75, 3.05) is 37.9 Å². The molecular weight excluding hydrogens is 601 g/mol. The number of sulfonamides is 1. The fourth-order valence-corrected chi connectivity index (χ4v) is 5.65. The fraction of sp³-hybridized carbons (Fsp3) is 0.333. The summed E-state index contributed by atoms with van der Waals surface area (Å²) in [5, 5.41) is 3.61. The summed E-state index contributed by atoms with van der Waals surface area (Å²) in [7, 11) is -1.16. The summed E-state index contributed by atoms with van der Waals surface area (Å²) < 4.78 is 37.8. The molecule has 42 heavy (non-hydrogen) atoms. The predicted octanol–water partition coefficient (Wildman–Crippen LogP) is 4.94. The van der Waals surface area contributed by atoms with E-state index >= 15 is 0 Å². The van der Waals surface area contributed by atoms with Crippen LogP contribution < -0.4 is 19.1 Å². The van der Waals surface area contributed by atoms with Gasteiger partial charge in [-0.05, 0) is 41.8 Å². The lowest BCUT2D eigenvalue weighted by Gasteiger charge is -2.34. The molecule has 0 bridgehead atoms. The molecule has 0 spiro atoms. The molecule has 0 saturated heterocycles. The Bertz CT molecular complexity index is 1490. The first-order valence-electron chi connectivity index (χ1n) is 13.2. The molecule has 2 amide bonds. The monoisotopic (exact) mass is 635 g/mol. The Morgan fingerprint density at radius 1 is 0.976 bits per heavy atom. The van der Waals surface area contributed by atoms with Crippen LogP contribution in [0.2, 0.25) is 10.0 Å². The van der Waals surface area contributed by atoms with E-state index in [4.69, 9.17) is 32.7 Å². The molecule has 0 aromatic heterocycles. The number of nitrogens with one attached hydrogen (secondary N) is 1. The zero-order valence-corrected chi connectivity index (χ0v) is 26.3. The van der Waals surface area contributed by atoms with Crippen LogP contribution in [0.1, 0.15) is 24.5 Å². The molecule has 12 heteroatoms. The molecule has 0 radical (unpaired) electrons. The largest absolute Gasteiger partial charge is 0.497 e. The number of amides is 2. The van der Waals surface area contributed by atoms with Crippen LogP contribution in [0.3, 0.4) is 0 Å². The Hall–Kier alpha value is -3.47. The van der Waals surface area contributed by atoms with Gasteiger partial charge in [-0.1, -0.05) is 66.5 Å². The van der Waals surface area contributed by atoms with E-state index in [1.165, 1.54) is 25.2 Å². The molecular formula is C30H35Cl2N3O6S. The maximum atomic E-state index is 14.2.